The highest BCUT2D eigenvalue weighted by molar-refractivity contribution is 5.49. The van der Waals surface area contributed by atoms with Crippen LogP contribution in [0, 0.1) is 0 Å². The fourth-order valence-corrected chi connectivity index (χ4v) is 2.51. The van der Waals surface area contributed by atoms with E-state index < -0.39 is 18.3 Å². The number of alkyl halides is 3. The van der Waals surface area contributed by atoms with Crippen molar-refractivity contribution in [2.75, 3.05) is 31.8 Å². The van der Waals surface area contributed by atoms with Gasteiger partial charge >= 0.3 is 6.18 Å². The molecule has 1 aromatic heterocycles. The molecule has 2 heterocycles. The second-order valence-corrected chi connectivity index (χ2v) is 5.07. The standard InChI is InChI=1S/C14H19F3N2O3/c1-3-22-12-8-21-7-11(12)19(2)13-9(6-20)4-10(5-18-13)14(15,16)17/h4-5,11-12,20H,3,6-8H2,1-2H3/t11?,12-/m0/s1. The summed E-state index contributed by atoms with van der Waals surface area (Å²) in [6.07, 6.45) is -3.89. The van der Waals surface area contributed by atoms with Crippen LogP contribution in [0.15, 0.2) is 12.3 Å². The van der Waals surface area contributed by atoms with Crippen molar-refractivity contribution < 1.29 is 27.8 Å². The van der Waals surface area contributed by atoms with Gasteiger partial charge in [-0.25, -0.2) is 4.98 Å². The van der Waals surface area contributed by atoms with Crippen LogP contribution < -0.4 is 4.90 Å². The Morgan fingerprint density at radius 2 is 2.18 bits per heavy atom. The molecule has 1 aromatic rings. The number of rotatable bonds is 5. The summed E-state index contributed by atoms with van der Waals surface area (Å²) in [6.45, 7) is 2.69. The lowest BCUT2D eigenvalue weighted by Crippen LogP contribution is -2.43. The maximum absolute atomic E-state index is 12.7. The number of ether oxygens (including phenoxy) is 2. The van der Waals surface area contributed by atoms with Gasteiger partial charge in [-0.2, -0.15) is 13.2 Å². The SMILES string of the molecule is CCO[C@H]1COCC1N(C)c1ncc(C(F)(F)F)cc1CO. The largest absolute Gasteiger partial charge is 0.417 e. The average molecular weight is 320 g/mol. The fourth-order valence-electron chi connectivity index (χ4n) is 2.51. The third-order valence-corrected chi connectivity index (χ3v) is 3.65. The van der Waals surface area contributed by atoms with Gasteiger partial charge in [0, 0.05) is 25.4 Å². The molecular weight excluding hydrogens is 301 g/mol. The molecule has 0 amide bonds. The van der Waals surface area contributed by atoms with Crippen LogP contribution in [-0.4, -0.2) is 49.1 Å². The van der Waals surface area contributed by atoms with Crippen molar-refractivity contribution in [3.63, 3.8) is 0 Å². The first-order chi connectivity index (χ1) is 10.4. The lowest BCUT2D eigenvalue weighted by Gasteiger charge is -2.30. The number of pyridine rings is 1. The zero-order valence-corrected chi connectivity index (χ0v) is 12.4. The minimum absolute atomic E-state index is 0.125. The number of anilines is 1. The topological polar surface area (TPSA) is 54.8 Å². The predicted octanol–water partition coefficient (Wildman–Crippen LogP) is 1.83. The molecule has 2 atom stereocenters. The second-order valence-electron chi connectivity index (χ2n) is 5.07. The van der Waals surface area contributed by atoms with E-state index in [0.29, 0.717) is 25.6 Å². The third kappa shape index (κ3) is 3.50. The number of hydrogen-bond donors (Lipinski definition) is 1. The van der Waals surface area contributed by atoms with Crippen LogP contribution in [0.5, 0.6) is 0 Å². The normalized spacial score (nSPS) is 22.1. The molecule has 1 N–H and O–H groups in total. The summed E-state index contributed by atoms with van der Waals surface area (Å²) >= 11 is 0. The Morgan fingerprint density at radius 3 is 2.77 bits per heavy atom. The van der Waals surface area contributed by atoms with Gasteiger partial charge < -0.3 is 19.5 Å². The molecule has 124 valence electrons. The van der Waals surface area contributed by atoms with Crippen LogP contribution in [0.1, 0.15) is 18.1 Å². The van der Waals surface area contributed by atoms with Gasteiger partial charge in [-0.3, -0.25) is 0 Å². The number of aromatic nitrogens is 1. The molecule has 5 nitrogen and oxygen atoms in total. The van der Waals surface area contributed by atoms with Gasteiger partial charge in [-0.05, 0) is 13.0 Å². The van der Waals surface area contributed by atoms with E-state index in [0.717, 1.165) is 12.3 Å². The predicted molar refractivity (Wildman–Crippen MR) is 73.6 cm³/mol. The lowest BCUT2D eigenvalue weighted by molar-refractivity contribution is -0.137. The van der Waals surface area contributed by atoms with Crippen molar-refractivity contribution in [1.29, 1.82) is 0 Å². The van der Waals surface area contributed by atoms with E-state index in [9.17, 15) is 18.3 Å². The first kappa shape index (κ1) is 17.0. The van der Waals surface area contributed by atoms with E-state index in [1.54, 1.807) is 11.9 Å². The molecule has 1 unspecified atom stereocenters. The van der Waals surface area contributed by atoms with Crippen LogP contribution in [0.25, 0.3) is 0 Å². The number of aliphatic hydroxyl groups is 1. The number of aliphatic hydroxyl groups excluding tert-OH is 1. The van der Waals surface area contributed by atoms with E-state index in [1.165, 1.54) is 0 Å². The minimum atomic E-state index is -4.49. The van der Waals surface area contributed by atoms with Gasteiger partial charge in [-0.15, -0.1) is 0 Å². The molecule has 0 aromatic carbocycles. The molecule has 0 spiro atoms. The van der Waals surface area contributed by atoms with E-state index in [4.69, 9.17) is 9.47 Å². The van der Waals surface area contributed by atoms with Crippen LogP contribution in [0.3, 0.4) is 0 Å². The van der Waals surface area contributed by atoms with Crippen molar-refractivity contribution >= 4 is 5.82 Å². The molecular formula is C14H19F3N2O3. The average Bonchev–Trinajstić information content (AvgIpc) is 2.93. The first-order valence-electron chi connectivity index (χ1n) is 6.97. The first-order valence-corrected chi connectivity index (χ1v) is 6.97. The summed E-state index contributed by atoms with van der Waals surface area (Å²) < 4.78 is 49.1. The molecule has 1 saturated heterocycles. The Morgan fingerprint density at radius 1 is 1.45 bits per heavy atom. The minimum Gasteiger partial charge on any atom is -0.392 e. The maximum Gasteiger partial charge on any atom is 0.417 e. The lowest BCUT2D eigenvalue weighted by atomic mass is 10.1. The van der Waals surface area contributed by atoms with Crippen LogP contribution in [0.2, 0.25) is 0 Å². The summed E-state index contributed by atoms with van der Waals surface area (Å²) in [5, 5.41) is 9.37. The van der Waals surface area contributed by atoms with E-state index in [1.807, 2.05) is 6.92 Å². The number of halogens is 3. The molecule has 1 aliphatic rings. The molecule has 0 aliphatic carbocycles. The van der Waals surface area contributed by atoms with Crippen molar-refractivity contribution in [3.8, 4) is 0 Å². The van der Waals surface area contributed by atoms with Gasteiger partial charge in [0.1, 0.15) is 11.9 Å². The molecule has 8 heteroatoms. The smallest absolute Gasteiger partial charge is 0.392 e. The van der Waals surface area contributed by atoms with Crippen molar-refractivity contribution in [2.45, 2.75) is 31.9 Å². The molecule has 0 radical (unpaired) electrons. The Bertz CT molecular complexity index is 511. The van der Waals surface area contributed by atoms with Gasteiger partial charge in [0.15, 0.2) is 0 Å². The van der Waals surface area contributed by atoms with Crippen LogP contribution in [0.4, 0.5) is 19.0 Å². The summed E-state index contributed by atoms with van der Waals surface area (Å²) in [5.74, 6) is 0.302. The highest BCUT2D eigenvalue weighted by Crippen LogP contribution is 2.32. The monoisotopic (exact) mass is 320 g/mol. The van der Waals surface area contributed by atoms with Crippen LogP contribution >= 0.6 is 0 Å². The quantitative estimate of drug-likeness (QED) is 0.897. The fraction of sp³-hybridized carbons (Fsp3) is 0.643. The molecule has 2 rings (SSSR count). The summed E-state index contributed by atoms with van der Waals surface area (Å²) in [7, 11) is 1.71. The summed E-state index contributed by atoms with van der Waals surface area (Å²) in [4.78, 5) is 5.60. The molecule has 0 saturated carbocycles. The maximum atomic E-state index is 12.7. The summed E-state index contributed by atoms with van der Waals surface area (Å²) in [6, 6.07) is 0.763. The highest BCUT2D eigenvalue weighted by atomic mass is 19.4. The zero-order valence-electron chi connectivity index (χ0n) is 12.4. The number of nitrogens with zero attached hydrogens (tertiary/aromatic N) is 2. The van der Waals surface area contributed by atoms with Gasteiger partial charge in [-0.1, -0.05) is 0 Å². The van der Waals surface area contributed by atoms with Crippen LogP contribution in [-0.2, 0) is 22.3 Å². The highest BCUT2D eigenvalue weighted by Gasteiger charge is 2.35. The number of hydrogen-bond acceptors (Lipinski definition) is 5. The Kier molecular flexibility index (Phi) is 5.25. The van der Waals surface area contributed by atoms with E-state index in [-0.39, 0.29) is 17.7 Å². The van der Waals surface area contributed by atoms with Crippen molar-refractivity contribution in [2.24, 2.45) is 0 Å². The third-order valence-electron chi connectivity index (χ3n) is 3.65. The van der Waals surface area contributed by atoms with Crippen molar-refractivity contribution in [1.82, 2.24) is 4.98 Å². The van der Waals surface area contributed by atoms with Crippen molar-refractivity contribution in [3.05, 3.63) is 23.4 Å². The molecule has 1 fully saturated rings. The Labute approximate surface area is 126 Å². The van der Waals surface area contributed by atoms with Gasteiger partial charge in [0.25, 0.3) is 0 Å². The summed E-state index contributed by atoms with van der Waals surface area (Å²) in [5.41, 5.74) is -0.753. The Balaban J connectivity index is 2.27. The van der Waals surface area contributed by atoms with E-state index >= 15 is 0 Å². The Hall–Kier alpha value is -1.38. The zero-order chi connectivity index (χ0) is 16.3. The molecule has 22 heavy (non-hydrogen) atoms. The van der Waals surface area contributed by atoms with Gasteiger partial charge in [0.2, 0.25) is 0 Å². The molecule has 0 bridgehead atoms. The number of likely N-dealkylation sites (N-methyl/N-ethyl adjacent to an activating group) is 1. The van der Waals surface area contributed by atoms with Gasteiger partial charge in [0.05, 0.1) is 31.4 Å². The second kappa shape index (κ2) is 6.80. The van der Waals surface area contributed by atoms with E-state index in [2.05, 4.69) is 4.98 Å². The molecule has 1 aliphatic heterocycles.